The molecule has 0 bridgehead atoms. The molecule has 0 saturated carbocycles. The van der Waals surface area contributed by atoms with Crippen molar-refractivity contribution in [3.05, 3.63) is 143 Å². The molecule has 6 aromatic rings. The molecule has 4 aromatic carbocycles. The molecular weight excluding hydrogens is 631 g/mol. The number of hydrogen-bond donors (Lipinski definition) is 2. The third-order valence-corrected chi connectivity index (χ3v) is 8.27. The first-order chi connectivity index (χ1) is 23.0. The lowest BCUT2D eigenvalue weighted by molar-refractivity contribution is 0.0529. The summed E-state index contributed by atoms with van der Waals surface area (Å²) in [5.41, 5.74) is 2.63. The quantitative estimate of drug-likeness (QED) is 0.0917. The highest BCUT2D eigenvalue weighted by molar-refractivity contribution is 7.71. The molecule has 2 aromatic heterocycles. The topological polar surface area (TPSA) is 127 Å². The van der Waals surface area contributed by atoms with Gasteiger partial charge in [0.05, 0.1) is 18.0 Å². The number of para-hydroxylation sites is 2. The van der Waals surface area contributed by atoms with Crippen LogP contribution in [0.15, 0.2) is 132 Å². The second-order valence-corrected chi connectivity index (χ2v) is 11.3. The Morgan fingerprint density at radius 3 is 2.04 bits per heavy atom. The average molecular weight is 658 g/mol. The summed E-state index contributed by atoms with van der Waals surface area (Å²) in [6, 6.07) is 36.6. The number of anilines is 1. The fourth-order valence-corrected chi connectivity index (χ4v) is 6.17. The smallest absolute Gasteiger partial charge is 0.341 e. The highest BCUT2D eigenvalue weighted by Crippen LogP contribution is 2.47. The number of carbonyl (C=O) groups excluding carboxylic acids is 2. The van der Waals surface area contributed by atoms with E-state index in [9.17, 15) is 9.59 Å². The number of amides is 1. The van der Waals surface area contributed by atoms with Crippen LogP contribution in [-0.2, 0) is 4.74 Å². The van der Waals surface area contributed by atoms with Crippen LogP contribution in [0.4, 0.5) is 15.7 Å². The maximum atomic E-state index is 14.1. The number of carbonyl (C=O) groups is 2. The zero-order valence-electron chi connectivity index (χ0n) is 25.0. The molecule has 0 radical (unpaired) electrons. The summed E-state index contributed by atoms with van der Waals surface area (Å²) < 4.78 is 8.56. The largest absolute Gasteiger partial charge is 0.462 e. The molecule has 232 valence electrons. The van der Waals surface area contributed by atoms with Crippen molar-refractivity contribution in [1.82, 2.24) is 14.3 Å². The van der Waals surface area contributed by atoms with E-state index in [-0.39, 0.29) is 33.1 Å². The lowest BCUT2D eigenvalue weighted by Crippen LogP contribution is -2.34. The van der Waals surface area contributed by atoms with Gasteiger partial charge in [-0.3, -0.25) is 14.8 Å². The molecule has 0 aliphatic carbocycles. The molecule has 0 aliphatic rings. The van der Waals surface area contributed by atoms with Crippen LogP contribution in [0.5, 0.6) is 0 Å². The number of nitrogens with zero attached hydrogens (tertiary/aromatic N) is 5. The Balaban J connectivity index is 1.52. The maximum absolute atomic E-state index is 14.1. The number of nitrogens with one attached hydrogen (secondary N) is 2. The van der Waals surface area contributed by atoms with E-state index in [0.717, 1.165) is 11.3 Å². The van der Waals surface area contributed by atoms with E-state index in [1.165, 1.54) is 9.25 Å². The summed E-state index contributed by atoms with van der Waals surface area (Å²) in [5.74, 6) is -1.37. The highest BCUT2D eigenvalue weighted by Gasteiger charge is 2.29. The van der Waals surface area contributed by atoms with Crippen molar-refractivity contribution in [1.29, 1.82) is 5.41 Å². The summed E-state index contributed by atoms with van der Waals surface area (Å²) >= 11 is 6.85. The van der Waals surface area contributed by atoms with Crippen LogP contribution in [-0.4, -0.2) is 32.8 Å². The molecule has 0 atom stereocenters. The number of ether oxygens (including phenoxy) is 1. The fourth-order valence-electron chi connectivity index (χ4n) is 4.80. The van der Waals surface area contributed by atoms with E-state index in [2.05, 4.69) is 20.6 Å². The van der Waals surface area contributed by atoms with E-state index >= 15 is 0 Å². The number of hydrogen-bond acceptors (Lipinski definition) is 9. The second kappa shape index (κ2) is 14.1. The van der Waals surface area contributed by atoms with Crippen molar-refractivity contribution in [3.63, 3.8) is 0 Å². The number of benzene rings is 4. The normalized spacial score (nSPS) is 11.0. The van der Waals surface area contributed by atoms with Crippen molar-refractivity contribution >= 4 is 51.1 Å². The van der Waals surface area contributed by atoms with Gasteiger partial charge in [0.25, 0.3) is 5.91 Å². The van der Waals surface area contributed by atoms with Gasteiger partial charge in [-0.2, -0.15) is 5.10 Å². The van der Waals surface area contributed by atoms with Crippen LogP contribution >= 0.6 is 23.6 Å². The zero-order valence-corrected chi connectivity index (χ0v) is 26.7. The number of esters is 1. The SMILES string of the molecule is CCOC(=O)c1c(NC(=O)c2nn(-c3ccccc3)c(=S)n(-c3ccccc3)c2=N)sc(N=Nc2ccccc2)c1-c1ccccc1. The van der Waals surface area contributed by atoms with Crippen LogP contribution in [0.3, 0.4) is 0 Å². The van der Waals surface area contributed by atoms with E-state index in [1.54, 1.807) is 31.2 Å². The van der Waals surface area contributed by atoms with Crippen LogP contribution in [0.1, 0.15) is 27.8 Å². The Bertz CT molecular complexity index is 2200. The fraction of sp³-hybridized carbons (Fsp3) is 0.0571. The predicted molar refractivity (Wildman–Crippen MR) is 184 cm³/mol. The van der Waals surface area contributed by atoms with Gasteiger partial charge in [-0.25, -0.2) is 9.48 Å². The minimum Gasteiger partial charge on any atom is -0.462 e. The molecule has 0 unspecified atom stereocenters. The van der Waals surface area contributed by atoms with Crippen molar-refractivity contribution in [2.45, 2.75) is 6.92 Å². The summed E-state index contributed by atoms with van der Waals surface area (Å²) in [6.45, 7) is 1.82. The van der Waals surface area contributed by atoms with Gasteiger partial charge in [0, 0.05) is 11.3 Å². The molecule has 0 aliphatic heterocycles. The minimum absolute atomic E-state index is 0.115. The molecule has 12 heteroatoms. The van der Waals surface area contributed by atoms with Crippen LogP contribution in [0, 0.1) is 10.2 Å². The predicted octanol–water partition coefficient (Wildman–Crippen LogP) is 8.44. The Labute approximate surface area is 278 Å². The third kappa shape index (κ3) is 6.59. The van der Waals surface area contributed by atoms with E-state index in [4.69, 9.17) is 22.4 Å². The number of rotatable bonds is 9. The van der Waals surface area contributed by atoms with Crippen molar-refractivity contribution in [3.8, 4) is 22.5 Å². The van der Waals surface area contributed by atoms with E-state index < -0.39 is 11.9 Å². The van der Waals surface area contributed by atoms with Gasteiger partial charge in [-0.1, -0.05) is 96.3 Å². The van der Waals surface area contributed by atoms with Gasteiger partial charge in [-0.15, -0.1) is 10.2 Å². The average Bonchev–Trinajstić information content (AvgIpc) is 3.47. The second-order valence-electron chi connectivity index (χ2n) is 9.96. The van der Waals surface area contributed by atoms with E-state index in [0.29, 0.717) is 33.2 Å². The Kier molecular flexibility index (Phi) is 9.32. The van der Waals surface area contributed by atoms with Gasteiger partial charge in [-0.05, 0) is 61.1 Å². The van der Waals surface area contributed by atoms with Gasteiger partial charge in [0.15, 0.2) is 11.2 Å². The van der Waals surface area contributed by atoms with Gasteiger partial charge in [0.1, 0.15) is 15.6 Å². The van der Waals surface area contributed by atoms with Crippen LogP contribution in [0.2, 0.25) is 0 Å². The molecule has 0 saturated heterocycles. The zero-order chi connectivity index (χ0) is 32.8. The Hall–Kier alpha value is -5.85. The number of thiophene rings is 1. The van der Waals surface area contributed by atoms with E-state index in [1.807, 2.05) is 97.1 Å². The molecule has 2 N–H and O–H groups in total. The van der Waals surface area contributed by atoms with Crippen molar-refractivity contribution in [2.75, 3.05) is 11.9 Å². The third-order valence-electron chi connectivity index (χ3n) is 6.92. The van der Waals surface area contributed by atoms with Gasteiger partial charge < -0.3 is 10.1 Å². The van der Waals surface area contributed by atoms with Crippen molar-refractivity contribution in [2.24, 2.45) is 10.2 Å². The summed E-state index contributed by atoms with van der Waals surface area (Å²) in [6.07, 6.45) is 0. The summed E-state index contributed by atoms with van der Waals surface area (Å²) in [4.78, 5) is 27.7. The molecule has 0 fully saturated rings. The molecule has 2 heterocycles. The summed E-state index contributed by atoms with van der Waals surface area (Å²) in [7, 11) is 0. The summed E-state index contributed by atoms with van der Waals surface area (Å²) in [5, 5.41) is 25.9. The minimum atomic E-state index is -0.725. The number of aromatic nitrogens is 3. The molecule has 10 nitrogen and oxygen atoms in total. The lowest BCUT2D eigenvalue weighted by atomic mass is 10.0. The first kappa shape index (κ1) is 31.1. The lowest BCUT2D eigenvalue weighted by Gasteiger charge is -2.15. The van der Waals surface area contributed by atoms with Gasteiger partial charge in [0.2, 0.25) is 4.77 Å². The van der Waals surface area contributed by atoms with Crippen LogP contribution < -0.4 is 10.8 Å². The van der Waals surface area contributed by atoms with Gasteiger partial charge >= 0.3 is 5.97 Å². The number of azo groups is 1. The Morgan fingerprint density at radius 2 is 1.43 bits per heavy atom. The highest BCUT2D eigenvalue weighted by atomic mass is 32.1. The molecular formula is C35H27N7O3S2. The van der Waals surface area contributed by atoms with Crippen LogP contribution in [0.25, 0.3) is 22.5 Å². The standard InChI is InChI=1S/C35H27N7O3S2/c1-2-45-34(44)28-27(23-15-7-3-8-16-23)33(39-38-24-17-9-4-10-18-24)47-32(28)37-31(43)29-30(36)41(25-19-11-5-12-20-25)35(46)42(40-29)26-21-13-6-14-22-26/h3-22,36H,2H2,1H3,(H,37,43). The monoisotopic (exact) mass is 657 g/mol. The first-order valence-electron chi connectivity index (χ1n) is 14.6. The molecule has 47 heavy (non-hydrogen) atoms. The molecule has 0 spiro atoms. The van der Waals surface area contributed by atoms with Crippen molar-refractivity contribution < 1.29 is 14.3 Å². The molecule has 6 rings (SSSR count). The Morgan fingerprint density at radius 1 is 0.851 bits per heavy atom. The maximum Gasteiger partial charge on any atom is 0.341 e. The first-order valence-corrected chi connectivity index (χ1v) is 15.8. The molecule has 1 amide bonds.